The lowest BCUT2D eigenvalue weighted by molar-refractivity contribution is -0.142. The number of aryl methyl sites for hydroxylation is 1. The van der Waals surface area contributed by atoms with Crippen molar-refractivity contribution in [3.8, 4) is 0 Å². The normalized spacial score (nSPS) is 18.5. The zero-order valence-electron chi connectivity index (χ0n) is 9.75. The van der Waals surface area contributed by atoms with E-state index >= 15 is 0 Å². The number of carbonyl (C=O) groups excluding carboxylic acids is 1. The highest BCUT2D eigenvalue weighted by atomic mass is 16.5. The van der Waals surface area contributed by atoms with Gasteiger partial charge in [0, 0.05) is 12.2 Å². The molecule has 1 aromatic rings. The van der Waals surface area contributed by atoms with E-state index < -0.39 is 0 Å². The van der Waals surface area contributed by atoms with E-state index in [9.17, 15) is 4.79 Å². The quantitative estimate of drug-likeness (QED) is 0.776. The van der Waals surface area contributed by atoms with E-state index in [4.69, 9.17) is 4.74 Å². The number of rotatable bonds is 2. The Morgan fingerprint density at radius 3 is 3.06 bits per heavy atom. The maximum absolute atomic E-state index is 11.7. The summed E-state index contributed by atoms with van der Waals surface area (Å²) in [6.45, 7) is 2.96. The molecule has 0 aromatic heterocycles. The van der Waals surface area contributed by atoms with E-state index in [2.05, 4.69) is 18.3 Å². The van der Waals surface area contributed by atoms with Crippen molar-refractivity contribution >= 4 is 11.7 Å². The molecule has 0 aliphatic carbocycles. The lowest BCUT2D eigenvalue weighted by Crippen LogP contribution is -2.24. The fourth-order valence-electron chi connectivity index (χ4n) is 2.30. The number of methoxy groups -OCH3 is 1. The van der Waals surface area contributed by atoms with E-state index in [1.54, 1.807) is 0 Å². The third-order valence-electron chi connectivity index (χ3n) is 3.16. The smallest absolute Gasteiger partial charge is 0.313 e. The molecule has 1 atom stereocenters. The summed E-state index contributed by atoms with van der Waals surface area (Å²) in [5.41, 5.74) is 3.48. The Morgan fingerprint density at radius 1 is 1.56 bits per heavy atom. The molecule has 0 spiro atoms. The van der Waals surface area contributed by atoms with Crippen molar-refractivity contribution in [2.45, 2.75) is 25.7 Å². The molecule has 0 radical (unpaired) electrons. The molecule has 0 saturated carbocycles. The first-order valence-corrected chi connectivity index (χ1v) is 5.71. The van der Waals surface area contributed by atoms with Crippen LogP contribution in [-0.2, 0) is 16.0 Å². The van der Waals surface area contributed by atoms with Gasteiger partial charge in [-0.3, -0.25) is 4.79 Å². The number of benzene rings is 1. The molecule has 1 heterocycles. The minimum Gasteiger partial charge on any atom is -0.469 e. The molecular weight excluding hydrogens is 202 g/mol. The average Bonchev–Trinajstić information content (AvgIpc) is 2.36. The zero-order valence-corrected chi connectivity index (χ0v) is 9.75. The summed E-state index contributed by atoms with van der Waals surface area (Å²) in [6.07, 6.45) is 1.79. The Labute approximate surface area is 95.8 Å². The van der Waals surface area contributed by atoms with E-state index in [-0.39, 0.29) is 11.9 Å². The summed E-state index contributed by atoms with van der Waals surface area (Å²) < 4.78 is 4.85. The summed E-state index contributed by atoms with van der Waals surface area (Å²) in [4.78, 5) is 11.7. The Morgan fingerprint density at radius 2 is 2.38 bits per heavy atom. The third kappa shape index (κ3) is 1.77. The lowest BCUT2D eigenvalue weighted by Gasteiger charge is -2.26. The topological polar surface area (TPSA) is 38.3 Å². The second kappa shape index (κ2) is 4.56. The van der Waals surface area contributed by atoms with Gasteiger partial charge in [-0.15, -0.1) is 0 Å². The van der Waals surface area contributed by atoms with Crippen LogP contribution in [0.4, 0.5) is 5.69 Å². The Kier molecular flexibility index (Phi) is 3.13. The largest absolute Gasteiger partial charge is 0.469 e. The van der Waals surface area contributed by atoms with Crippen molar-refractivity contribution in [3.63, 3.8) is 0 Å². The SMILES string of the molecule is CCc1cccc2c1NCCC2C(=O)OC. The van der Waals surface area contributed by atoms with Gasteiger partial charge in [0.1, 0.15) is 0 Å². The van der Waals surface area contributed by atoms with Gasteiger partial charge in [0.05, 0.1) is 13.0 Å². The van der Waals surface area contributed by atoms with E-state index in [0.29, 0.717) is 0 Å². The monoisotopic (exact) mass is 219 g/mol. The highest BCUT2D eigenvalue weighted by Gasteiger charge is 2.27. The van der Waals surface area contributed by atoms with Gasteiger partial charge >= 0.3 is 5.97 Å². The van der Waals surface area contributed by atoms with Gasteiger partial charge in [-0.05, 0) is 24.0 Å². The van der Waals surface area contributed by atoms with E-state index in [0.717, 1.165) is 30.6 Å². The molecule has 0 bridgehead atoms. The van der Waals surface area contributed by atoms with Gasteiger partial charge in [-0.2, -0.15) is 0 Å². The molecule has 1 aliphatic rings. The van der Waals surface area contributed by atoms with Crippen molar-refractivity contribution in [1.29, 1.82) is 0 Å². The first kappa shape index (κ1) is 11.0. The van der Waals surface area contributed by atoms with Crippen LogP contribution in [0.3, 0.4) is 0 Å². The number of para-hydroxylation sites is 1. The summed E-state index contributed by atoms with van der Waals surface area (Å²) in [7, 11) is 1.45. The highest BCUT2D eigenvalue weighted by Crippen LogP contribution is 2.34. The highest BCUT2D eigenvalue weighted by molar-refractivity contribution is 5.82. The maximum atomic E-state index is 11.7. The van der Waals surface area contributed by atoms with Crippen LogP contribution in [-0.4, -0.2) is 19.6 Å². The minimum atomic E-state index is -0.129. The van der Waals surface area contributed by atoms with Crippen LogP contribution in [0.5, 0.6) is 0 Å². The maximum Gasteiger partial charge on any atom is 0.313 e. The van der Waals surface area contributed by atoms with Crippen LogP contribution in [0, 0.1) is 0 Å². The fraction of sp³-hybridized carbons (Fsp3) is 0.462. The average molecular weight is 219 g/mol. The third-order valence-corrected chi connectivity index (χ3v) is 3.16. The summed E-state index contributed by atoms with van der Waals surface area (Å²) >= 11 is 0. The molecule has 1 aliphatic heterocycles. The van der Waals surface area contributed by atoms with Crippen LogP contribution in [0.25, 0.3) is 0 Å². The number of hydrogen-bond acceptors (Lipinski definition) is 3. The van der Waals surface area contributed by atoms with Crippen LogP contribution in [0.15, 0.2) is 18.2 Å². The van der Waals surface area contributed by atoms with Gasteiger partial charge in [-0.25, -0.2) is 0 Å². The molecular formula is C13H17NO2. The molecule has 0 fully saturated rings. The molecule has 86 valence electrons. The molecule has 1 unspecified atom stereocenters. The predicted molar refractivity (Wildman–Crippen MR) is 63.7 cm³/mol. The molecule has 0 saturated heterocycles. The van der Waals surface area contributed by atoms with Gasteiger partial charge in [-0.1, -0.05) is 25.1 Å². The molecule has 2 rings (SSSR count). The van der Waals surface area contributed by atoms with Crippen molar-refractivity contribution in [2.75, 3.05) is 19.0 Å². The molecule has 1 aromatic carbocycles. The second-order valence-corrected chi connectivity index (χ2v) is 4.03. The predicted octanol–water partition coefficient (Wildman–Crippen LogP) is 2.32. The van der Waals surface area contributed by atoms with E-state index in [1.165, 1.54) is 12.7 Å². The Balaban J connectivity index is 2.43. The van der Waals surface area contributed by atoms with Gasteiger partial charge < -0.3 is 10.1 Å². The van der Waals surface area contributed by atoms with Crippen molar-refractivity contribution < 1.29 is 9.53 Å². The van der Waals surface area contributed by atoms with Crippen LogP contribution in [0.2, 0.25) is 0 Å². The molecule has 0 amide bonds. The number of nitrogens with one attached hydrogen (secondary N) is 1. The standard InChI is InChI=1S/C13H17NO2/c1-3-9-5-4-6-10-11(13(15)16-2)7-8-14-12(9)10/h4-6,11,14H,3,7-8H2,1-2H3. The first-order chi connectivity index (χ1) is 7.77. The van der Waals surface area contributed by atoms with Crippen LogP contribution < -0.4 is 5.32 Å². The van der Waals surface area contributed by atoms with Crippen molar-refractivity contribution in [3.05, 3.63) is 29.3 Å². The van der Waals surface area contributed by atoms with Crippen molar-refractivity contribution in [2.24, 2.45) is 0 Å². The Bertz CT molecular complexity index is 401. The summed E-state index contributed by atoms with van der Waals surface area (Å²) in [5, 5.41) is 3.38. The summed E-state index contributed by atoms with van der Waals surface area (Å²) in [5.74, 6) is -0.233. The number of anilines is 1. The molecule has 3 heteroatoms. The number of carbonyl (C=O) groups is 1. The molecule has 16 heavy (non-hydrogen) atoms. The van der Waals surface area contributed by atoms with Gasteiger partial charge in [0.15, 0.2) is 0 Å². The number of esters is 1. The zero-order chi connectivity index (χ0) is 11.5. The van der Waals surface area contributed by atoms with E-state index in [1.807, 2.05) is 12.1 Å². The summed E-state index contributed by atoms with van der Waals surface area (Å²) in [6, 6.07) is 6.13. The minimum absolute atomic E-state index is 0.104. The van der Waals surface area contributed by atoms with Gasteiger partial charge in [0.25, 0.3) is 0 Å². The second-order valence-electron chi connectivity index (χ2n) is 4.03. The van der Waals surface area contributed by atoms with Crippen LogP contribution in [0.1, 0.15) is 30.4 Å². The molecule has 3 nitrogen and oxygen atoms in total. The Hall–Kier alpha value is -1.51. The fourth-order valence-corrected chi connectivity index (χ4v) is 2.30. The lowest BCUT2D eigenvalue weighted by atomic mass is 9.88. The first-order valence-electron chi connectivity index (χ1n) is 5.71. The number of ether oxygens (including phenoxy) is 1. The molecule has 1 N–H and O–H groups in total. The number of fused-ring (bicyclic) bond motifs is 1. The van der Waals surface area contributed by atoms with Gasteiger partial charge in [0.2, 0.25) is 0 Å². The van der Waals surface area contributed by atoms with Crippen molar-refractivity contribution in [1.82, 2.24) is 0 Å². The van der Waals surface area contributed by atoms with Crippen LogP contribution >= 0.6 is 0 Å². The number of hydrogen-bond donors (Lipinski definition) is 1.